The fourth-order valence-electron chi connectivity index (χ4n) is 2.77. The molecule has 0 amide bonds. The van der Waals surface area contributed by atoms with Crippen LogP contribution < -0.4 is 10.6 Å². The number of rotatable bonds is 5. The summed E-state index contributed by atoms with van der Waals surface area (Å²) < 4.78 is 0. The second-order valence-corrected chi connectivity index (χ2v) is 5.57. The number of nitrogens with zero attached hydrogens (tertiary/aromatic N) is 4. The third kappa shape index (κ3) is 2.93. The Morgan fingerprint density at radius 3 is 3.09 bits per heavy atom. The summed E-state index contributed by atoms with van der Waals surface area (Å²) in [5.41, 5.74) is 8.15. The van der Waals surface area contributed by atoms with Gasteiger partial charge in [0.15, 0.2) is 0 Å². The fraction of sp³-hybridized carbons (Fsp3) is 0.267. The molecule has 23 heavy (non-hydrogen) atoms. The van der Waals surface area contributed by atoms with Gasteiger partial charge in [-0.25, -0.2) is 4.98 Å². The monoisotopic (exact) mass is 332 g/mol. The lowest BCUT2D eigenvalue weighted by Crippen LogP contribution is -2.30. The van der Waals surface area contributed by atoms with E-state index in [4.69, 9.17) is 17.3 Å². The van der Waals surface area contributed by atoms with Crippen LogP contribution in [-0.4, -0.2) is 45.5 Å². The van der Waals surface area contributed by atoms with E-state index in [-0.39, 0.29) is 23.6 Å². The van der Waals surface area contributed by atoms with Gasteiger partial charge in [-0.2, -0.15) is 4.98 Å². The van der Waals surface area contributed by atoms with Crippen LogP contribution in [0.25, 0.3) is 0 Å². The highest BCUT2D eigenvalue weighted by Gasteiger charge is 2.33. The van der Waals surface area contributed by atoms with Crippen molar-refractivity contribution in [1.29, 1.82) is 0 Å². The molecule has 2 aromatic rings. The number of aliphatic imine (C=N–C) groups is 1. The number of fused-ring (bicyclic) bond motifs is 1. The van der Waals surface area contributed by atoms with E-state index in [0.29, 0.717) is 18.9 Å². The van der Waals surface area contributed by atoms with Crippen molar-refractivity contribution in [1.82, 2.24) is 15.0 Å². The summed E-state index contributed by atoms with van der Waals surface area (Å²) in [4.78, 5) is 17.7. The van der Waals surface area contributed by atoms with Gasteiger partial charge in [-0.05, 0) is 12.1 Å². The molecule has 0 bridgehead atoms. The molecular formula is C15H17ClN6O. The second-order valence-electron chi connectivity index (χ2n) is 5.21. The van der Waals surface area contributed by atoms with Crippen LogP contribution in [0.4, 0.5) is 11.8 Å². The van der Waals surface area contributed by atoms with Crippen molar-refractivity contribution in [2.75, 3.05) is 30.3 Å². The number of nitrogen functional groups attached to an aromatic ring is 1. The van der Waals surface area contributed by atoms with Crippen LogP contribution in [0.5, 0.6) is 0 Å². The van der Waals surface area contributed by atoms with E-state index in [1.807, 2.05) is 23.2 Å². The summed E-state index contributed by atoms with van der Waals surface area (Å²) in [7, 11) is 0. The highest BCUT2D eigenvalue weighted by atomic mass is 35.5. The van der Waals surface area contributed by atoms with Crippen molar-refractivity contribution in [3.63, 3.8) is 0 Å². The minimum atomic E-state index is -0.147. The molecular weight excluding hydrogens is 316 g/mol. The molecule has 3 rings (SSSR count). The van der Waals surface area contributed by atoms with Crippen LogP contribution >= 0.6 is 11.6 Å². The van der Waals surface area contributed by atoms with Crippen LogP contribution in [0.2, 0.25) is 5.15 Å². The van der Waals surface area contributed by atoms with Crippen molar-refractivity contribution in [3.8, 4) is 0 Å². The topological polar surface area (TPSA) is 103 Å². The largest absolute Gasteiger partial charge is 0.396 e. The van der Waals surface area contributed by atoms with Gasteiger partial charge in [-0.1, -0.05) is 18.2 Å². The van der Waals surface area contributed by atoms with Crippen LogP contribution in [0.3, 0.4) is 0 Å². The van der Waals surface area contributed by atoms with Crippen molar-refractivity contribution in [2.45, 2.75) is 5.92 Å². The van der Waals surface area contributed by atoms with Crippen molar-refractivity contribution in [3.05, 3.63) is 47.5 Å². The molecule has 0 aliphatic carbocycles. The Balaban J connectivity index is 1.96. The number of nitrogens with two attached hydrogens (primary N) is 1. The van der Waals surface area contributed by atoms with Gasteiger partial charge >= 0.3 is 0 Å². The van der Waals surface area contributed by atoms with Crippen molar-refractivity contribution < 1.29 is 5.11 Å². The van der Waals surface area contributed by atoms with Gasteiger partial charge in [-0.15, -0.1) is 0 Å². The molecule has 3 heterocycles. The van der Waals surface area contributed by atoms with E-state index < -0.39 is 0 Å². The number of nitrogens with one attached hydrogen (secondary N) is 1. The molecule has 1 aliphatic heterocycles. The molecule has 1 aliphatic rings. The van der Waals surface area contributed by atoms with Gasteiger partial charge in [-0.3, -0.25) is 4.99 Å². The highest BCUT2D eigenvalue weighted by molar-refractivity contribution is 6.30. The zero-order valence-electron chi connectivity index (χ0n) is 12.4. The molecule has 120 valence electrons. The van der Waals surface area contributed by atoms with Crippen LogP contribution in [-0.2, 0) is 0 Å². The van der Waals surface area contributed by atoms with E-state index >= 15 is 0 Å². The van der Waals surface area contributed by atoms with E-state index in [0.717, 1.165) is 17.0 Å². The van der Waals surface area contributed by atoms with Gasteiger partial charge in [0.2, 0.25) is 5.95 Å². The Kier molecular flexibility index (Phi) is 4.31. The van der Waals surface area contributed by atoms with Gasteiger partial charge in [0.1, 0.15) is 11.0 Å². The summed E-state index contributed by atoms with van der Waals surface area (Å²) in [6, 6.07) is 3.84. The van der Waals surface area contributed by atoms with E-state index in [1.54, 1.807) is 0 Å². The maximum atomic E-state index is 9.62. The SMILES string of the molecule is C=CN=C(CN1CC(CO)c2c(Cl)nc(N)nc21)c1ccc[nH]1. The molecule has 4 N–H and O–H groups in total. The molecule has 1 unspecified atom stereocenters. The van der Waals surface area contributed by atoms with Gasteiger partial charge in [0.05, 0.1) is 24.6 Å². The average Bonchev–Trinajstić information content (AvgIpc) is 3.15. The first kappa shape index (κ1) is 15.5. The molecule has 0 fully saturated rings. The van der Waals surface area contributed by atoms with E-state index in [1.165, 1.54) is 6.20 Å². The Morgan fingerprint density at radius 1 is 1.61 bits per heavy atom. The van der Waals surface area contributed by atoms with E-state index in [9.17, 15) is 5.11 Å². The van der Waals surface area contributed by atoms with Crippen molar-refractivity contribution >= 4 is 29.1 Å². The van der Waals surface area contributed by atoms with Crippen LogP contribution in [0, 0.1) is 0 Å². The predicted molar refractivity (Wildman–Crippen MR) is 91.0 cm³/mol. The molecule has 2 aromatic heterocycles. The number of halogens is 1. The molecule has 0 saturated carbocycles. The Bertz CT molecular complexity index is 743. The van der Waals surface area contributed by atoms with Gasteiger partial charge in [0, 0.05) is 30.4 Å². The molecule has 7 nitrogen and oxygen atoms in total. The lowest BCUT2D eigenvalue weighted by Gasteiger charge is -2.19. The number of aliphatic hydroxyl groups is 1. The normalized spacial score (nSPS) is 17.4. The number of aromatic nitrogens is 3. The number of anilines is 2. The van der Waals surface area contributed by atoms with E-state index in [2.05, 4.69) is 26.5 Å². The third-order valence-corrected chi connectivity index (χ3v) is 4.05. The zero-order chi connectivity index (χ0) is 16.4. The zero-order valence-corrected chi connectivity index (χ0v) is 13.2. The average molecular weight is 333 g/mol. The minimum absolute atomic E-state index is 0.0348. The molecule has 8 heteroatoms. The molecule has 1 atom stereocenters. The smallest absolute Gasteiger partial charge is 0.223 e. The summed E-state index contributed by atoms with van der Waals surface area (Å²) in [5.74, 6) is 0.607. The molecule has 0 aromatic carbocycles. The van der Waals surface area contributed by atoms with Crippen LogP contribution in [0.1, 0.15) is 17.2 Å². The number of H-pyrrole nitrogens is 1. The highest BCUT2D eigenvalue weighted by Crippen LogP contribution is 2.38. The second kappa shape index (κ2) is 6.39. The maximum Gasteiger partial charge on any atom is 0.223 e. The first-order chi connectivity index (χ1) is 11.1. The quantitative estimate of drug-likeness (QED) is 0.569. The lowest BCUT2D eigenvalue weighted by molar-refractivity contribution is 0.271. The Labute approximate surface area is 138 Å². The fourth-order valence-corrected chi connectivity index (χ4v) is 3.09. The van der Waals surface area contributed by atoms with Crippen molar-refractivity contribution in [2.24, 2.45) is 4.99 Å². The number of aromatic amines is 1. The predicted octanol–water partition coefficient (Wildman–Crippen LogP) is 1.57. The number of aliphatic hydroxyl groups excluding tert-OH is 1. The summed E-state index contributed by atoms with van der Waals surface area (Å²) in [6.07, 6.45) is 3.33. The maximum absolute atomic E-state index is 9.62. The first-order valence-electron chi connectivity index (χ1n) is 7.14. The Hall–Kier alpha value is -2.38. The lowest BCUT2D eigenvalue weighted by atomic mass is 10.1. The van der Waals surface area contributed by atoms with Gasteiger partial charge < -0.3 is 20.7 Å². The summed E-state index contributed by atoms with van der Waals surface area (Å²) in [5, 5.41) is 9.91. The minimum Gasteiger partial charge on any atom is -0.396 e. The molecule has 0 spiro atoms. The standard InChI is InChI=1S/C15H17ClN6O/c1-2-18-11(10-4-3-5-19-10)7-22-6-9(8-23)12-13(16)20-15(17)21-14(12)22/h2-5,9,19,23H,1,6-8H2,(H2,17,20,21). The first-order valence-corrected chi connectivity index (χ1v) is 7.52. The third-order valence-electron chi connectivity index (χ3n) is 3.76. The summed E-state index contributed by atoms with van der Waals surface area (Å²) >= 11 is 6.19. The number of hydrogen-bond acceptors (Lipinski definition) is 6. The number of hydrogen-bond donors (Lipinski definition) is 3. The Morgan fingerprint density at radius 2 is 2.43 bits per heavy atom. The summed E-state index contributed by atoms with van der Waals surface area (Å²) in [6.45, 7) is 4.69. The van der Waals surface area contributed by atoms with Crippen LogP contribution in [0.15, 0.2) is 36.1 Å². The molecule has 0 saturated heterocycles. The molecule has 0 radical (unpaired) electrons. The van der Waals surface area contributed by atoms with Gasteiger partial charge in [0.25, 0.3) is 0 Å².